The van der Waals surface area contributed by atoms with Gasteiger partial charge in [-0.3, -0.25) is 0 Å². The summed E-state index contributed by atoms with van der Waals surface area (Å²) in [4.78, 5) is 0. The minimum atomic E-state index is -1.83. The van der Waals surface area contributed by atoms with Crippen LogP contribution in [0.1, 0.15) is 73.1 Å². The highest BCUT2D eigenvalue weighted by atomic mass is 31.2. The first-order valence-corrected chi connectivity index (χ1v) is 17.0. The molecule has 0 saturated carbocycles. The molecule has 0 bridgehead atoms. The van der Waals surface area contributed by atoms with Crippen molar-refractivity contribution < 1.29 is 14.7 Å². The van der Waals surface area contributed by atoms with Crippen LogP contribution in [0.4, 0.5) is 0 Å². The molecule has 0 atom stereocenters. The minimum Gasteiger partial charge on any atom is -0.511 e. The second kappa shape index (κ2) is 14.9. The normalized spacial score (nSPS) is 11.7. The standard InChI is InChI=1S/C18H13BO3.C15H34P/c20-19(21)22-17-7-3-6-12-8-9-15-10-13-4-1-2-5-14(13)11-16(15)18(12)17;1-6-9-12-16(15(4)5,13-10-7-2)14-11-8-3/h1-11,20-21H;15H,6-14H2,1-5H3/q;+1. The van der Waals surface area contributed by atoms with E-state index in [4.69, 9.17) is 14.7 Å². The highest BCUT2D eigenvalue weighted by Gasteiger charge is 2.38. The van der Waals surface area contributed by atoms with Crippen LogP contribution in [-0.4, -0.2) is 41.5 Å². The van der Waals surface area contributed by atoms with Crippen molar-refractivity contribution in [3.8, 4) is 5.75 Å². The van der Waals surface area contributed by atoms with Gasteiger partial charge in [-0.15, -0.1) is 0 Å². The van der Waals surface area contributed by atoms with Crippen LogP contribution >= 0.6 is 7.26 Å². The molecule has 0 radical (unpaired) electrons. The molecule has 38 heavy (non-hydrogen) atoms. The minimum absolute atomic E-state index is 0.466. The Morgan fingerprint density at radius 3 is 1.74 bits per heavy atom. The molecular weight excluding hydrogens is 486 g/mol. The lowest BCUT2D eigenvalue weighted by atomic mass is 9.97. The fraction of sp³-hybridized carbons (Fsp3) is 0.455. The van der Waals surface area contributed by atoms with Gasteiger partial charge < -0.3 is 14.7 Å². The Morgan fingerprint density at radius 2 is 1.21 bits per heavy atom. The Labute approximate surface area is 231 Å². The fourth-order valence-corrected chi connectivity index (χ4v) is 10.6. The predicted octanol–water partition coefficient (Wildman–Crippen LogP) is 9.31. The molecule has 4 rings (SSSR count). The third kappa shape index (κ3) is 7.72. The van der Waals surface area contributed by atoms with Crippen LogP contribution in [0, 0.1) is 0 Å². The van der Waals surface area contributed by atoms with Gasteiger partial charge in [0.15, 0.2) is 0 Å². The van der Waals surface area contributed by atoms with E-state index in [9.17, 15) is 0 Å². The maximum absolute atomic E-state index is 9.14. The quantitative estimate of drug-likeness (QED) is 0.0826. The van der Waals surface area contributed by atoms with Crippen molar-refractivity contribution in [1.29, 1.82) is 0 Å². The monoisotopic (exact) mass is 533 g/mol. The Balaban J connectivity index is 0.000000224. The largest absolute Gasteiger partial charge is 0.707 e. The SMILES string of the molecule is CCCC[P+](CCCC)(CCCC)C(C)C.OB(O)Oc1cccc2ccc3cc4ccccc4cc3c12. The maximum atomic E-state index is 9.14. The van der Waals surface area contributed by atoms with E-state index in [1.165, 1.54) is 43.9 Å². The smallest absolute Gasteiger partial charge is 0.511 e. The van der Waals surface area contributed by atoms with Crippen molar-refractivity contribution in [2.75, 3.05) is 18.5 Å². The molecule has 0 spiro atoms. The summed E-state index contributed by atoms with van der Waals surface area (Å²) in [6, 6.07) is 22.1. The van der Waals surface area contributed by atoms with Gasteiger partial charge in [-0.1, -0.05) is 88.6 Å². The molecule has 0 heterocycles. The first kappa shape index (κ1) is 30.4. The average Bonchev–Trinajstić information content (AvgIpc) is 2.91. The summed E-state index contributed by atoms with van der Waals surface area (Å²) in [6.45, 7) is 12.0. The predicted molar refractivity (Wildman–Crippen MR) is 171 cm³/mol. The van der Waals surface area contributed by atoms with E-state index in [1.807, 2.05) is 30.3 Å². The van der Waals surface area contributed by atoms with Crippen LogP contribution in [0.25, 0.3) is 32.3 Å². The second-order valence-electron chi connectivity index (χ2n) is 10.8. The van der Waals surface area contributed by atoms with Gasteiger partial charge in [-0.05, 0) is 78.2 Å². The topological polar surface area (TPSA) is 49.7 Å². The highest BCUT2D eigenvalue weighted by Crippen LogP contribution is 2.64. The van der Waals surface area contributed by atoms with Crippen LogP contribution in [0.15, 0.2) is 66.7 Å². The van der Waals surface area contributed by atoms with Crippen molar-refractivity contribution in [1.82, 2.24) is 0 Å². The van der Waals surface area contributed by atoms with E-state index in [1.54, 1.807) is 24.6 Å². The lowest BCUT2D eigenvalue weighted by Gasteiger charge is -2.31. The molecule has 4 aromatic rings. The molecule has 204 valence electrons. The lowest BCUT2D eigenvalue weighted by Crippen LogP contribution is -2.20. The summed E-state index contributed by atoms with van der Waals surface area (Å²) in [5.74, 6) is 0.466. The number of benzene rings is 4. The number of fused-ring (bicyclic) bond motifs is 4. The van der Waals surface area contributed by atoms with Crippen molar-refractivity contribution in [3.05, 3.63) is 66.7 Å². The van der Waals surface area contributed by atoms with Crippen molar-refractivity contribution in [2.24, 2.45) is 0 Å². The van der Waals surface area contributed by atoms with Crippen LogP contribution in [0.3, 0.4) is 0 Å². The molecule has 5 heteroatoms. The molecule has 0 aliphatic carbocycles. The van der Waals surface area contributed by atoms with Gasteiger partial charge in [0.05, 0.1) is 24.1 Å². The third-order valence-electron chi connectivity index (χ3n) is 7.89. The number of unbranched alkanes of at least 4 members (excludes halogenated alkanes) is 3. The zero-order valence-electron chi connectivity index (χ0n) is 24.1. The second-order valence-corrected chi connectivity index (χ2v) is 15.6. The molecule has 4 aromatic carbocycles. The molecule has 0 amide bonds. The zero-order chi connectivity index (χ0) is 27.5. The maximum Gasteiger partial charge on any atom is 0.707 e. The Hall–Kier alpha value is -2.13. The van der Waals surface area contributed by atoms with Gasteiger partial charge >= 0.3 is 7.32 Å². The molecule has 0 aliphatic rings. The third-order valence-corrected chi connectivity index (χ3v) is 13.7. The summed E-state index contributed by atoms with van der Waals surface area (Å²) in [7, 11) is -2.45. The summed E-state index contributed by atoms with van der Waals surface area (Å²) < 4.78 is 5.16. The summed E-state index contributed by atoms with van der Waals surface area (Å²) in [5.41, 5.74) is 0.970. The van der Waals surface area contributed by atoms with Crippen LogP contribution in [0.2, 0.25) is 0 Å². The van der Waals surface area contributed by atoms with Gasteiger partial charge in [-0.25, -0.2) is 0 Å². The number of hydrogen-bond acceptors (Lipinski definition) is 3. The van der Waals surface area contributed by atoms with Crippen molar-refractivity contribution >= 4 is 46.9 Å². The Bertz CT molecular complexity index is 1270. The fourth-order valence-electron chi connectivity index (χ4n) is 5.51. The van der Waals surface area contributed by atoms with Gasteiger partial charge in [0.25, 0.3) is 0 Å². The molecule has 0 unspecified atom stereocenters. The first-order chi connectivity index (χ1) is 18.3. The average molecular weight is 534 g/mol. The van der Waals surface area contributed by atoms with Crippen molar-refractivity contribution in [2.45, 2.75) is 78.8 Å². The Morgan fingerprint density at radius 1 is 0.684 bits per heavy atom. The highest BCUT2D eigenvalue weighted by molar-refractivity contribution is 7.76. The van der Waals surface area contributed by atoms with Gasteiger partial charge in [0, 0.05) is 12.6 Å². The molecule has 0 aliphatic heterocycles. The van der Waals surface area contributed by atoms with E-state index in [2.05, 4.69) is 65.0 Å². The molecule has 3 nitrogen and oxygen atoms in total. The van der Waals surface area contributed by atoms with Gasteiger partial charge in [-0.2, -0.15) is 0 Å². The van der Waals surface area contributed by atoms with Crippen LogP contribution in [0.5, 0.6) is 5.75 Å². The van der Waals surface area contributed by atoms with Gasteiger partial charge in [0.1, 0.15) is 5.75 Å². The number of hydrogen-bond donors (Lipinski definition) is 2. The Kier molecular flexibility index (Phi) is 11.9. The molecule has 2 N–H and O–H groups in total. The van der Waals surface area contributed by atoms with E-state index in [-0.39, 0.29) is 0 Å². The molecular formula is C33H47BO3P+. The van der Waals surface area contributed by atoms with Crippen LogP contribution in [-0.2, 0) is 0 Å². The number of rotatable bonds is 12. The molecule has 0 fully saturated rings. The van der Waals surface area contributed by atoms with Crippen LogP contribution < -0.4 is 4.65 Å². The first-order valence-electron chi connectivity index (χ1n) is 14.6. The lowest BCUT2D eigenvalue weighted by molar-refractivity contribution is 0.289. The summed E-state index contributed by atoms with van der Waals surface area (Å²) >= 11 is 0. The van der Waals surface area contributed by atoms with E-state index in [0.29, 0.717) is 5.75 Å². The van der Waals surface area contributed by atoms with E-state index < -0.39 is 14.6 Å². The molecule has 0 aromatic heterocycles. The van der Waals surface area contributed by atoms with E-state index >= 15 is 0 Å². The zero-order valence-corrected chi connectivity index (χ0v) is 25.0. The van der Waals surface area contributed by atoms with E-state index in [0.717, 1.165) is 32.6 Å². The summed E-state index contributed by atoms with van der Waals surface area (Å²) in [5, 5.41) is 24.6. The van der Waals surface area contributed by atoms with Crippen molar-refractivity contribution in [3.63, 3.8) is 0 Å². The summed E-state index contributed by atoms with van der Waals surface area (Å²) in [6.07, 6.45) is 13.3. The van der Waals surface area contributed by atoms with Gasteiger partial charge in [0.2, 0.25) is 0 Å². The molecule has 0 saturated heterocycles.